The lowest BCUT2D eigenvalue weighted by Gasteiger charge is -2.26. The number of hydrogen-bond acceptors (Lipinski definition) is 4. The molecule has 2 fully saturated rings. The van der Waals surface area contributed by atoms with E-state index in [-0.39, 0.29) is 18.6 Å². The van der Waals surface area contributed by atoms with E-state index < -0.39 is 11.0 Å². The first-order valence-electron chi connectivity index (χ1n) is 7.16. The second kappa shape index (κ2) is 5.24. The van der Waals surface area contributed by atoms with Crippen LogP contribution in [0.1, 0.15) is 33.6 Å². The minimum Gasteiger partial charge on any atom is -0.444 e. The Morgan fingerprint density at radius 2 is 2.00 bits per heavy atom. The molecule has 114 valence electrons. The Morgan fingerprint density at radius 1 is 1.35 bits per heavy atom. The van der Waals surface area contributed by atoms with E-state index in [4.69, 9.17) is 9.84 Å². The number of nitrogens with zero attached hydrogens (tertiary/aromatic N) is 2. The predicted octanol–water partition coefficient (Wildman–Crippen LogP) is 0.838. The highest BCUT2D eigenvalue weighted by Crippen LogP contribution is 2.40. The van der Waals surface area contributed by atoms with Crippen molar-refractivity contribution in [3.63, 3.8) is 0 Å². The summed E-state index contributed by atoms with van der Waals surface area (Å²) in [6, 6.07) is 0. The van der Waals surface area contributed by atoms with Crippen LogP contribution >= 0.6 is 0 Å². The van der Waals surface area contributed by atoms with E-state index in [1.807, 2.05) is 20.8 Å². The van der Waals surface area contributed by atoms with Gasteiger partial charge in [-0.25, -0.2) is 4.79 Å². The van der Waals surface area contributed by atoms with E-state index in [1.165, 1.54) is 0 Å². The predicted molar refractivity (Wildman–Crippen MR) is 73.1 cm³/mol. The average molecular weight is 284 g/mol. The maximum atomic E-state index is 12.4. The topological polar surface area (TPSA) is 70.1 Å². The normalized spacial score (nSPS) is 26.7. The standard InChI is InChI=1S/C14H24N2O4/c1-13(2,3)20-12(19)16-7-5-14(10-16)4-6-15(8-9-17)11(14)18/h17H,4-10H2,1-3H3. The van der Waals surface area contributed by atoms with Gasteiger partial charge in [0.25, 0.3) is 0 Å². The fourth-order valence-corrected chi connectivity index (χ4v) is 2.96. The zero-order chi connectivity index (χ0) is 15.0. The molecule has 2 aliphatic heterocycles. The zero-order valence-corrected chi connectivity index (χ0v) is 12.5. The lowest BCUT2D eigenvalue weighted by atomic mass is 9.85. The van der Waals surface area contributed by atoms with Crippen molar-refractivity contribution in [2.75, 3.05) is 32.8 Å². The van der Waals surface area contributed by atoms with Crippen LogP contribution in [0.15, 0.2) is 0 Å². The molecule has 1 unspecified atom stereocenters. The summed E-state index contributed by atoms with van der Waals surface area (Å²) >= 11 is 0. The molecule has 0 aromatic heterocycles. The van der Waals surface area contributed by atoms with Gasteiger partial charge in [0, 0.05) is 26.2 Å². The highest BCUT2D eigenvalue weighted by atomic mass is 16.6. The molecular weight excluding hydrogens is 260 g/mol. The lowest BCUT2D eigenvalue weighted by molar-refractivity contribution is -0.135. The van der Waals surface area contributed by atoms with Gasteiger partial charge in [-0.2, -0.15) is 0 Å². The van der Waals surface area contributed by atoms with Gasteiger partial charge < -0.3 is 19.6 Å². The molecule has 6 heteroatoms. The maximum absolute atomic E-state index is 12.4. The third-order valence-electron chi connectivity index (χ3n) is 3.98. The number of ether oxygens (including phenoxy) is 1. The van der Waals surface area contributed by atoms with E-state index >= 15 is 0 Å². The number of amides is 2. The largest absolute Gasteiger partial charge is 0.444 e. The highest BCUT2D eigenvalue weighted by molar-refractivity contribution is 5.86. The van der Waals surface area contributed by atoms with Gasteiger partial charge in [0.2, 0.25) is 5.91 Å². The first-order chi connectivity index (χ1) is 9.27. The van der Waals surface area contributed by atoms with Gasteiger partial charge in [-0.1, -0.05) is 0 Å². The Hall–Kier alpha value is -1.30. The smallest absolute Gasteiger partial charge is 0.410 e. The first-order valence-corrected chi connectivity index (χ1v) is 7.16. The van der Waals surface area contributed by atoms with Crippen LogP contribution in [0, 0.1) is 5.41 Å². The summed E-state index contributed by atoms with van der Waals surface area (Å²) in [4.78, 5) is 27.8. The van der Waals surface area contributed by atoms with E-state index in [0.29, 0.717) is 32.6 Å². The molecule has 0 aromatic rings. The van der Waals surface area contributed by atoms with Crippen molar-refractivity contribution >= 4 is 12.0 Å². The van der Waals surface area contributed by atoms with Crippen LogP contribution in [0.4, 0.5) is 4.79 Å². The number of β-amino-alcohol motifs (C(OH)–C–C–N with tert-alkyl or cyclic N) is 1. The third kappa shape index (κ3) is 2.90. The van der Waals surface area contributed by atoms with Gasteiger partial charge in [-0.15, -0.1) is 0 Å². The van der Waals surface area contributed by atoms with Gasteiger partial charge in [0.1, 0.15) is 5.60 Å². The second-order valence-corrected chi connectivity index (χ2v) is 6.70. The molecule has 0 bridgehead atoms. The van der Waals surface area contributed by atoms with Crippen LogP contribution in [0.25, 0.3) is 0 Å². The second-order valence-electron chi connectivity index (χ2n) is 6.70. The Balaban J connectivity index is 1.99. The molecule has 1 spiro atoms. The Bertz CT molecular complexity index is 404. The fourth-order valence-electron chi connectivity index (χ4n) is 2.96. The summed E-state index contributed by atoms with van der Waals surface area (Å²) in [5.41, 5.74) is -0.971. The molecule has 1 N–H and O–H groups in total. The summed E-state index contributed by atoms with van der Waals surface area (Å²) in [6.45, 7) is 7.53. The van der Waals surface area contributed by atoms with Crippen molar-refractivity contribution in [3.8, 4) is 0 Å². The van der Waals surface area contributed by atoms with Crippen LogP contribution in [-0.4, -0.2) is 65.3 Å². The van der Waals surface area contributed by atoms with Gasteiger partial charge >= 0.3 is 6.09 Å². The average Bonchev–Trinajstić information content (AvgIpc) is 2.88. The molecule has 0 saturated carbocycles. The van der Waals surface area contributed by atoms with Gasteiger partial charge in [0.05, 0.1) is 12.0 Å². The van der Waals surface area contributed by atoms with Gasteiger partial charge in [-0.3, -0.25) is 4.79 Å². The summed E-state index contributed by atoms with van der Waals surface area (Å²) in [5, 5.41) is 8.97. The molecule has 6 nitrogen and oxygen atoms in total. The summed E-state index contributed by atoms with van der Waals surface area (Å²) in [6.07, 6.45) is 1.10. The minimum atomic E-state index is -0.518. The summed E-state index contributed by atoms with van der Waals surface area (Å²) in [7, 11) is 0. The molecule has 2 rings (SSSR count). The number of carbonyl (C=O) groups excluding carboxylic acids is 2. The molecule has 2 saturated heterocycles. The molecule has 20 heavy (non-hydrogen) atoms. The summed E-state index contributed by atoms with van der Waals surface area (Å²) in [5.74, 6) is 0.0672. The SMILES string of the molecule is CC(C)(C)OC(=O)N1CCC2(CCN(CCO)C2=O)C1. The quantitative estimate of drug-likeness (QED) is 0.815. The Labute approximate surface area is 119 Å². The van der Waals surface area contributed by atoms with Crippen molar-refractivity contribution in [2.24, 2.45) is 5.41 Å². The minimum absolute atomic E-state index is 0.0163. The Kier molecular flexibility index (Phi) is 3.95. The van der Waals surface area contributed by atoms with Gasteiger partial charge in [0.15, 0.2) is 0 Å². The van der Waals surface area contributed by atoms with Crippen LogP contribution in [0.2, 0.25) is 0 Å². The number of aliphatic hydroxyl groups excluding tert-OH is 1. The number of rotatable bonds is 2. The van der Waals surface area contributed by atoms with Crippen molar-refractivity contribution in [2.45, 2.75) is 39.2 Å². The molecular formula is C14H24N2O4. The van der Waals surface area contributed by atoms with E-state index in [0.717, 1.165) is 6.42 Å². The number of likely N-dealkylation sites (tertiary alicyclic amines) is 2. The molecule has 1 atom stereocenters. The number of hydrogen-bond donors (Lipinski definition) is 1. The molecule has 0 aromatic carbocycles. The number of carbonyl (C=O) groups is 2. The number of aliphatic hydroxyl groups is 1. The van der Waals surface area contributed by atoms with Gasteiger partial charge in [-0.05, 0) is 33.6 Å². The third-order valence-corrected chi connectivity index (χ3v) is 3.98. The van der Waals surface area contributed by atoms with Crippen molar-refractivity contribution < 1.29 is 19.4 Å². The first kappa shape index (κ1) is 15.1. The van der Waals surface area contributed by atoms with Crippen LogP contribution in [0.3, 0.4) is 0 Å². The van der Waals surface area contributed by atoms with Crippen molar-refractivity contribution in [3.05, 3.63) is 0 Å². The Morgan fingerprint density at radius 3 is 2.60 bits per heavy atom. The fraction of sp³-hybridized carbons (Fsp3) is 0.857. The van der Waals surface area contributed by atoms with Crippen molar-refractivity contribution in [1.29, 1.82) is 0 Å². The highest BCUT2D eigenvalue weighted by Gasteiger charge is 2.51. The van der Waals surface area contributed by atoms with Crippen LogP contribution in [-0.2, 0) is 9.53 Å². The molecule has 0 aliphatic carbocycles. The van der Waals surface area contributed by atoms with E-state index in [2.05, 4.69) is 0 Å². The summed E-state index contributed by atoms with van der Waals surface area (Å²) < 4.78 is 5.36. The molecule has 2 aliphatic rings. The molecule has 2 heterocycles. The molecule has 2 amide bonds. The maximum Gasteiger partial charge on any atom is 0.410 e. The molecule has 0 radical (unpaired) electrons. The monoisotopic (exact) mass is 284 g/mol. The lowest BCUT2D eigenvalue weighted by Crippen LogP contribution is -2.40. The van der Waals surface area contributed by atoms with E-state index in [1.54, 1.807) is 9.80 Å². The van der Waals surface area contributed by atoms with Crippen molar-refractivity contribution in [1.82, 2.24) is 9.80 Å². The van der Waals surface area contributed by atoms with E-state index in [9.17, 15) is 9.59 Å². The van der Waals surface area contributed by atoms with Crippen LogP contribution < -0.4 is 0 Å². The van der Waals surface area contributed by atoms with Crippen LogP contribution in [0.5, 0.6) is 0 Å². The zero-order valence-electron chi connectivity index (χ0n) is 12.5.